The van der Waals surface area contributed by atoms with E-state index in [0.29, 0.717) is 19.4 Å². The van der Waals surface area contributed by atoms with Crippen LogP contribution in [0.25, 0.3) is 16.9 Å². The Bertz CT molecular complexity index is 1160. The zero-order chi connectivity index (χ0) is 19.6. The smallest absolute Gasteiger partial charge is 0.223 e. The molecule has 0 aliphatic carbocycles. The van der Waals surface area contributed by atoms with Gasteiger partial charge in [-0.05, 0) is 36.1 Å². The minimum atomic E-state index is 0.212. The topological polar surface area (TPSA) is 37.6 Å². The third-order valence-corrected chi connectivity index (χ3v) is 5.74. The molecular formula is C25H23N3O. The normalized spacial score (nSPS) is 13.4. The number of imidazole rings is 1. The molecule has 0 saturated heterocycles. The number of pyridine rings is 1. The molecule has 2 aromatic carbocycles. The Morgan fingerprint density at radius 2 is 1.66 bits per heavy atom. The van der Waals surface area contributed by atoms with E-state index in [1.165, 1.54) is 11.1 Å². The van der Waals surface area contributed by atoms with Crippen LogP contribution in [0, 0.1) is 0 Å². The molecule has 0 atom stereocenters. The highest BCUT2D eigenvalue weighted by molar-refractivity contribution is 5.77. The molecule has 1 aliphatic rings. The van der Waals surface area contributed by atoms with Gasteiger partial charge in [-0.15, -0.1) is 0 Å². The fourth-order valence-corrected chi connectivity index (χ4v) is 4.20. The van der Waals surface area contributed by atoms with Gasteiger partial charge in [0, 0.05) is 31.3 Å². The highest BCUT2D eigenvalue weighted by atomic mass is 16.2. The van der Waals surface area contributed by atoms with Crippen LogP contribution in [0.2, 0.25) is 0 Å². The van der Waals surface area contributed by atoms with Crippen molar-refractivity contribution in [3.8, 4) is 11.3 Å². The van der Waals surface area contributed by atoms with Gasteiger partial charge in [-0.3, -0.25) is 4.79 Å². The molecule has 144 valence electrons. The third kappa shape index (κ3) is 3.42. The third-order valence-electron chi connectivity index (χ3n) is 5.74. The average molecular weight is 381 g/mol. The van der Waals surface area contributed by atoms with Crippen molar-refractivity contribution in [1.29, 1.82) is 0 Å². The van der Waals surface area contributed by atoms with Gasteiger partial charge in [0.05, 0.1) is 11.4 Å². The van der Waals surface area contributed by atoms with Crippen molar-refractivity contribution in [2.45, 2.75) is 25.8 Å². The fourth-order valence-electron chi connectivity index (χ4n) is 4.20. The van der Waals surface area contributed by atoms with E-state index in [0.717, 1.165) is 35.6 Å². The number of amides is 1. The lowest BCUT2D eigenvalue weighted by atomic mass is 9.99. The summed E-state index contributed by atoms with van der Waals surface area (Å²) in [6.45, 7) is 1.52. The fraction of sp³-hybridized carbons (Fsp3) is 0.200. The quantitative estimate of drug-likeness (QED) is 0.521. The van der Waals surface area contributed by atoms with Gasteiger partial charge in [-0.1, -0.05) is 60.7 Å². The molecule has 2 aromatic heterocycles. The lowest BCUT2D eigenvalue weighted by Gasteiger charge is -2.29. The Balaban J connectivity index is 1.39. The molecule has 1 amide bonds. The van der Waals surface area contributed by atoms with Crippen molar-refractivity contribution in [1.82, 2.24) is 14.3 Å². The lowest BCUT2D eigenvalue weighted by molar-refractivity contribution is -0.132. The molecule has 1 aliphatic heterocycles. The summed E-state index contributed by atoms with van der Waals surface area (Å²) in [6, 6.07) is 24.7. The maximum absolute atomic E-state index is 13.0. The van der Waals surface area contributed by atoms with E-state index < -0.39 is 0 Å². The predicted octanol–water partition coefficient (Wildman–Crippen LogP) is 4.52. The first-order valence-electron chi connectivity index (χ1n) is 10.2. The minimum Gasteiger partial charge on any atom is -0.338 e. The summed E-state index contributed by atoms with van der Waals surface area (Å²) in [5.74, 6) is 0.212. The van der Waals surface area contributed by atoms with Gasteiger partial charge in [-0.25, -0.2) is 4.98 Å². The molecule has 0 saturated carbocycles. The van der Waals surface area contributed by atoms with Crippen LogP contribution < -0.4 is 0 Å². The highest BCUT2D eigenvalue weighted by Crippen LogP contribution is 2.26. The van der Waals surface area contributed by atoms with E-state index in [1.807, 2.05) is 47.5 Å². The number of benzene rings is 2. The van der Waals surface area contributed by atoms with Gasteiger partial charge in [0.15, 0.2) is 0 Å². The molecule has 29 heavy (non-hydrogen) atoms. The molecule has 0 spiro atoms. The van der Waals surface area contributed by atoms with Gasteiger partial charge in [0.25, 0.3) is 0 Å². The number of rotatable bonds is 4. The highest BCUT2D eigenvalue weighted by Gasteiger charge is 2.21. The van der Waals surface area contributed by atoms with Gasteiger partial charge in [0.2, 0.25) is 5.91 Å². The zero-order valence-electron chi connectivity index (χ0n) is 16.3. The monoisotopic (exact) mass is 381 g/mol. The molecule has 0 fully saturated rings. The van der Waals surface area contributed by atoms with Crippen LogP contribution in [-0.4, -0.2) is 26.7 Å². The van der Waals surface area contributed by atoms with Crippen molar-refractivity contribution in [3.63, 3.8) is 0 Å². The molecule has 3 heterocycles. The average Bonchev–Trinajstić information content (AvgIpc) is 3.16. The van der Waals surface area contributed by atoms with Crippen LogP contribution in [0.1, 0.15) is 23.2 Å². The molecule has 4 heteroatoms. The number of hydrogen-bond donors (Lipinski definition) is 0. The van der Waals surface area contributed by atoms with E-state index in [9.17, 15) is 4.79 Å². The van der Waals surface area contributed by atoms with Crippen LogP contribution in [0.15, 0.2) is 79.0 Å². The van der Waals surface area contributed by atoms with Crippen molar-refractivity contribution in [2.24, 2.45) is 0 Å². The molecular weight excluding hydrogens is 358 g/mol. The minimum absolute atomic E-state index is 0.212. The summed E-state index contributed by atoms with van der Waals surface area (Å²) in [5, 5.41) is 0. The summed E-state index contributed by atoms with van der Waals surface area (Å²) in [5.41, 5.74) is 6.70. The van der Waals surface area contributed by atoms with Crippen LogP contribution >= 0.6 is 0 Å². The molecule has 0 bridgehead atoms. The van der Waals surface area contributed by atoms with Crippen LogP contribution in [-0.2, 0) is 24.2 Å². The first-order valence-corrected chi connectivity index (χ1v) is 10.2. The van der Waals surface area contributed by atoms with Crippen LogP contribution in [0.4, 0.5) is 0 Å². The van der Waals surface area contributed by atoms with E-state index in [1.54, 1.807) is 0 Å². The molecule has 0 unspecified atom stereocenters. The Labute approximate surface area is 170 Å². The summed E-state index contributed by atoms with van der Waals surface area (Å²) in [6.07, 6.45) is 4.13. The Kier molecular flexibility index (Phi) is 4.60. The van der Waals surface area contributed by atoms with Gasteiger partial charge in [0.1, 0.15) is 5.65 Å². The molecule has 4 nitrogen and oxygen atoms in total. The molecule has 0 radical (unpaired) electrons. The SMILES string of the molecule is O=C(CCc1c(-c2ccccc2)nc2ccccn12)N1CCc2ccccc2C1. The standard InChI is InChI=1S/C25H23N3O/c29-24(27-17-15-19-8-4-5-11-21(19)18-27)14-13-22-25(20-9-2-1-3-10-20)26-23-12-6-7-16-28(22)23/h1-12,16H,13-15,17-18H2. The largest absolute Gasteiger partial charge is 0.338 e. The van der Waals surface area contributed by atoms with Gasteiger partial charge in [-0.2, -0.15) is 0 Å². The van der Waals surface area contributed by atoms with E-state index in [-0.39, 0.29) is 5.91 Å². The summed E-state index contributed by atoms with van der Waals surface area (Å²) in [4.78, 5) is 19.8. The number of nitrogens with zero attached hydrogens (tertiary/aromatic N) is 3. The van der Waals surface area contributed by atoms with Crippen molar-refractivity contribution in [2.75, 3.05) is 6.54 Å². The van der Waals surface area contributed by atoms with E-state index >= 15 is 0 Å². The maximum Gasteiger partial charge on any atom is 0.223 e. The maximum atomic E-state index is 13.0. The first kappa shape index (κ1) is 17.7. The van der Waals surface area contributed by atoms with Crippen LogP contribution in [0.5, 0.6) is 0 Å². The molecule has 0 N–H and O–H groups in total. The number of aromatic nitrogens is 2. The number of aryl methyl sites for hydroxylation is 1. The number of hydrogen-bond acceptors (Lipinski definition) is 2. The first-order chi connectivity index (χ1) is 14.3. The van der Waals surface area contributed by atoms with E-state index in [2.05, 4.69) is 40.8 Å². The summed E-state index contributed by atoms with van der Waals surface area (Å²) >= 11 is 0. The van der Waals surface area contributed by atoms with Crippen molar-refractivity contribution < 1.29 is 4.79 Å². The Hall–Kier alpha value is -3.40. The summed E-state index contributed by atoms with van der Waals surface area (Å²) < 4.78 is 2.11. The van der Waals surface area contributed by atoms with E-state index in [4.69, 9.17) is 4.98 Å². The Morgan fingerprint density at radius 3 is 2.52 bits per heavy atom. The second-order valence-corrected chi connectivity index (χ2v) is 7.54. The van der Waals surface area contributed by atoms with Crippen molar-refractivity contribution in [3.05, 3.63) is 95.8 Å². The van der Waals surface area contributed by atoms with Crippen LogP contribution in [0.3, 0.4) is 0 Å². The van der Waals surface area contributed by atoms with Crippen molar-refractivity contribution >= 4 is 11.6 Å². The zero-order valence-corrected chi connectivity index (χ0v) is 16.3. The second kappa shape index (κ2) is 7.55. The Morgan fingerprint density at radius 1 is 0.897 bits per heavy atom. The number of carbonyl (C=O) groups excluding carboxylic acids is 1. The van der Waals surface area contributed by atoms with Gasteiger partial charge < -0.3 is 9.30 Å². The van der Waals surface area contributed by atoms with Gasteiger partial charge >= 0.3 is 0 Å². The molecule has 4 aromatic rings. The lowest BCUT2D eigenvalue weighted by Crippen LogP contribution is -2.36. The number of carbonyl (C=O) groups is 1. The summed E-state index contributed by atoms with van der Waals surface area (Å²) in [7, 11) is 0. The number of fused-ring (bicyclic) bond motifs is 2. The molecule has 5 rings (SSSR count). The predicted molar refractivity (Wildman–Crippen MR) is 115 cm³/mol. The second-order valence-electron chi connectivity index (χ2n) is 7.54.